The maximum atomic E-state index is 12.4. The summed E-state index contributed by atoms with van der Waals surface area (Å²) in [7, 11) is -7.01. The van der Waals surface area contributed by atoms with Crippen molar-refractivity contribution >= 4 is 37.1 Å². The third-order valence-corrected chi connectivity index (χ3v) is 8.55. The second-order valence-electron chi connectivity index (χ2n) is 7.78. The highest BCUT2D eigenvalue weighted by molar-refractivity contribution is 7.92. The number of hydrogen-bond donors (Lipinski definition) is 2. The number of thiophene rings is 1. The van der Waals surface area contributed by atoms with E-state index < -0.39 is 20.0 Å². The molecule has 30 heavy (non-hydrogen) atoms. The van der Waals surface area contributed by atoms with E-state index >= 15 is 0 Å². The molecule has 1 aliphatic heterocycles. The summed E-state index contributed by atoms with van der Waals surface area (Å²) in [6, 6.07) is 8.78. The largest absolute Gasteiger partial charge is 0.293 e. The molecule has 1 aromatic heterocycles. The summed E-state index contributed by atoms with van der Waals surface area (Å²) in [6.45, 7) is 5.80. The zero-order chi connectivity index (χ0) is 21.9. The smallest absolute Gasteiger partial charge is 0.240 e. The van der Waals surface area contributed by atoms with Gasteiger partial charge in [0.15, 0.2) is 0 Å². The number of nitrogens with one attached hydrogen (secondary N) is 2. The molecule has 2 heterocycles. The van der Waals surface area contributed by atoms with Crippen LogP contribution in [0.4, 0.5) is 5.69 Å². The fraction of sp³-hybridized carbons (Fsp3) is 0.500. The second-order valence-corrected chi connectivity index (χ2v) is 12.2. The number of nitrogens with zero attached hydrogens (tertiary/aromatic N) is 1. The average molecular weight is 472 g/mol. The highest BCUT2D eigenvalue weighted by Gasteiger charge is 2.29. The summed E-state index contributed by atoms with van der Waals surface area (Å²) >= 11 is 1.82. The van der Waals surface area contributed by atoms with E-state index in [1.807, 2.05) is 11.3 Å². The summed E-state index contributed by atoms with van der Waals surface area (Å²) in [4.78, 5) is 4.06. The van der Waals surface area contributed by atoms with Crippen molar-refractivity contribution in [2.24, 2.45) is 0 Å². The minimum absolute atomic E-state index is 0.116. The predicted octanol–water partition coefficient (Wildman–Crippen LogP) is 3.19. The van der Waals surface area contributed by atoms with Gasteiger partial charge in [-0.2, -0.15) is 0 Å². The van der Waals surface area contributed by atoms with Crippen molar-refractivity contribution in [2.75, 3.05) is 24.1 Å². The molecule has 10 heteroatoms. The first-order valence-corrected chi connectivity index (χ1v) is 14.2. The molecule has 0 radical (unpaired) electrons. The summed E-state index contributed by atoms with van der Waals surface area (Å²) in [6.07, 6.45) is 3.78. The Kier molecular flexibility index (Phi) is 7.24. The Morgan fingerprint density at radius 2 is 1.77 bits per heavy atom. The van der Waals surface area contributed by atoms with Crippen molar-refractivity contribution in [2.45, 2.75) is 50.1 Å². The quantitative estimate of drug-likeness (QED) is 0.548. The van der Waals surface area contributed by atoms with Crippen LogP contribution in [0.2, 0.25) is 0 Å². The highest BCUT2D eigenvalue weighted by Crippen LogP contribution is 2.36. The first kappa shape index (κ1) is 23.2. The molecule has 0 aliphatic carbocycles. The van der Waals surface area contributed by atoms with Crippen molar-refractivity contribution in [3.63, 3.8) is 0 Å². The summed E-state index contributed by atoms with van der Waals surface area (Å²) in [5.74, 6) is 0. The number of fused-ring (bicyclic) bond motifs is 1. The van der Waals surface area contributed by atoms with Crippen LogP contribution < -0.4 is 9.44 Å². The summed E-state index contributed by atoms with van der Waals surface area (Å²) in [5.41, 5.74) is 1.79. The molecule has 2 atom stereocenters. The summed E-state index contributed by atoms with van der Waals surface area (Å²) in [5, 5.41) is 2.16. The van der Waals surface area contributed by atoms with E-state index in [-0.39, 0.29) is 4.90 Å². The first-order chi connectivity index (χ1) is 14.1. The van der Waals surface area contributed by atoms with Gasteiger partial charge in [0.25, 0.3) is 0 Å². The van der Waals surface area contributed by atoms with Crippen molar-refractivity contribution < 1.29 is 16.8 Å². The van der Waals surface area contributed by atoms with E-state index in [1.165, 1.54) is 34.7 Å². The minimum Gasteiger partial charge on any atom is -0.293 e. The van der Waals surface area contributed by atoms with E-state index in [2.05, 4.69) is 39.6 Å². The maximum absolute atomic E-state index is 12.4. The summed E-state index contributed by atoms with van der Waals surface area (Å²) < 4.78 is 52.3. The topological polar surface area (TPSA) is 95.6 Å². The highest BCUT2D eigenvalue weighted by atomic mass is 32.2. The molecule has 0 saturated heterocycles. The number of hydrogen-bond acceptors (Lipinski definition) is 6. The standard InChI is InChI=1S/C20H29N3O4S3/c1-15-14-17-10-13-28-20(17)16(2)23(15)12-5-4-11-21-30(26,27)19-8-6-18(7-9-19)22-29(3,24)25/h6-10,13,15-16,21-22H,4-5,11-12,14H2,1-3H3. The van der Waals surface area contributed by atoms with Crippen LogP contribution in [0.1, 0.15) is 43.2 Å². The molecule has 166 valence electrons. The van der Waals surface area contributed by atoms with Gasteiger partial charge in [-0.1, -0.05) is 0 Å². The molecule has 0 fully saturated rings. The van der Waals surface area contributed by atoms with Crippen LogP contribution in [0.5, 0.6) is 0 Å². The van der Waals surface area contributed by atoms with E-state index in [4.69, 9.17) is 0 Å². The molecule has 1 aromatic carbocycles. The first-order valence-electron chi connectivity index (χ1n) is 9.96. The SMILES string of the molecule is CC1Cc2ccsc2C(C)N1CCCCNS(=O)(=O)c1ccc(NS(C)(=O)=O)cc1. The number of sulfonamides is 2. The third-order valence-electron chi connectivity index (χ3n) is 5.34. The van der Waals surface area contributed by atoms with E-state index in [1.54, 1.807) is 0 Å². The van der Waals surface area contributed by atoms with Crippen LogP contribution in [0.3, 0.4) is 0 Å². The molecule has 0 bridgehead atoms. The maximum Gasteiger partial charge on any atom is 0.240 e. The third kappa shape index (κ3) is 5.82. The van der Waals surface area contributed by atoms with Crippen LogP contribution in [-0.4, -0.2) is 47.1 Å². The van der Waals surface area contributed by atoms with Gasteiger partial charge >= 0.3 is 0 Å². The fourth-order valence-electron chi connectivity index (χ4n) is 3.89. The molecule has 2 unspecified atom stereocenters. The van der Waals surface area contributed by atoms with Gasteiger partial charge in [0, 0.05) is 29.2 Å². The van der Waals surface area contributed by atoms with Gasteiger partial charge < -0.3 is 0 Å². The number of benzene rings is 1. The van der Waals surface area contributed by atoms with Gasteiger partial charge in [0.2, 0.25) is 20.0 Å². The van der Waals surface area contributed by atoms with E-state index in [9.17, 15) is 16.8 Å². The molecule has 2 aromatic rings. The zero-order valence-electron chi connectivity index (χ0n) is 17.5. The van der Waals surface area contributed by atoms with Gasteiger partial charge in [-0.15, -0.1) is 11.3 Å². The van der Waals surface area contributed by atoms with Crippen LogP contribution in [-0.2, 0) is 26.5 Å². The lowest BCUT2D eigenvalue weighted by Crippen LogP contribution is -2.41. The molecule has 0 saturated carbocycles. The van der Waals surface area contributed by atoms with Crippen molar-refractivity contribution in [1.29, 1.82) is 0 Å². The van der Waals surface area contributed by atoms with Gasteiger partial charge in [0.1, 0.15) is 0 Å². The lowest BCUT2D eigenvalue weighted by molar-refractivity contribution is 0.139. The van der Waals surface area contributed by atoms with Crippen LogP contribution >= 0.6 is 11.3 Å². The second kappa shape index (κ2) is 9.35. The Labute approximate surface area is 183 Å². The van der Waals surface area contributed by atoms with Gasteiger partial charge in [-0.3, -0.25) is 9.62 Å². The van der Waals surface area contributed by atoms with Crippen molar-refractivity contribution in [3.8, 4) is 0 Å². The number of rotatable bonds is 9. The van der Waals surface area contributed by atoms with Gasteiger partial charge in [-0.25, -0.2) is 21.6 Å². The Balaban J connectivity index is 1.47. The molecular formula is C20H29N3O4S3. The lowest BCUT2D eigenvalue weighted by Gasteiger charge is -2.39. The molecule has 0 spiro atoms. The zero-order valence-corrected chi connectivity index (χ0v) is 19.9. The normalized spacial score (nSPS) is 20.1. The molecule has 3 rings (SSSR count). The Bertz CT molecular complexity index is 1060. The van der Waals surface area contributed by atoms with E-state index in [0.717, 1.165) is 32.1 Å². The fourth-order valence-corrected chi connectivity index (χ4v) is 6.54. The molecular weight excluding hydrogens is 442 g/mol. The predicted molar refractivity (Wildman–Crippen MR) is 122 cm³/mol. The molecule has 0 amide bonds. The van der Waals surface area contributed by atoms with Crippen LogP contribution in [0, 0.1) is 0 Å². The van der Waals surface area contributed by atoms with E-state index in [0.29, 0.717) is 24.3 Å². The molecule has 7 nitrogen and oxygen atoms in total. The lowest BCUT2D eigenvalue weighted by atomic mass is 9.96. The Hall–Kier alpha value is -1.46. The van der Waals surface area contributed by atoms with Crippen molar-refractivity contribution in [3.05, 3.63) is 46.2 Å². The molecule has 1 aliphatic rings. The number of anilines is 1. The van der Waals surface area contributed by atoms with Gasteiger partial charge in [0.05, 0.1) is 11.2 Å². The van der Waals surface area contributed by atoms with Crippen LogP contribution in [0.15, 0.2) is 40.6 Å². The van der Waals surface area contributed by atoms with Crippen LogP contribution in [0.25, 0.3) is 0 Å². The minimum atomic E-state index is -3.62. The average Bonchev–Trinajstić information content (AvgIpc) is 3.11. The Morgan fingerprint density at radius 1 is 1.07 bits per heavy atom. The van der Waals surface area contributed by atoms with Gasteiger partial charge in [-0.05, 0) is 80.9 Å². The number of unbranched alkanes of at least 4 members (excludes halogenated alkanes) is 1. The Morgan fingerprint density at radius 3 is 2.43 bits per heavy atom. The monoisotopic (exact) mass is 471 g/mol. The van der Waals surface area contributed by atoms with Crippen molar-refractivity contribution in [1.82, 2.24) is 9.62 Å². The molecule has 2 N–H and O–H groups in total.